The van der Waals surface area contributed by atoms with Gasteiger partial charge in [-0.2, -0.15) is 34.8 Å². The minimum absolute atomic E-state index is 0.000831. The molecule has 1 aromatic carbocycles. The Morgan fingerprint density at radius 1 is 1.14 bits per heavy atom. The lowest BCUT2D eigenvalue weighted by molar-refractivity contribution is -0.306. The van der Waals surface area contributed by atoms with E-state index in [2.05, 4.69) is 4.85 Å². The monoisotopic (exact) mass is 327 g/mol. The molecule has 0 heterocycles. The van der Waals surface area contributed by atoms with E-state index in [-0.39, 0.29) is 5.69 Å². The van der Waals surface area contributed by atoms with Crippen LogP contribution in [-0.2, 0) is 10.0 Å². The van der Waals surface area contributed by atoms with Gasteiger partial charge in [-0.3, -0.25) is 0 Å². The third kappa shape index (κ3) is 3.46. The molecule has 1 rings (SSSR count). The van der Waals surface area contributed by atoms with Crippen molar-refractivity contribution in [3.05, 3.63) is 35.7 Å². The predicted molar refractivity (Wildman–Crippen MR) is 58.3 cm³/mol. The summed E-state index contributed by atoms with van der Waals surface area (Å²) in [5.41, 5.74) is 0.000831. The van der Waals surface area contributed by atoms with Gasteiger partial charge in [-0.1, -0.05) is 24.3 Å². The minimum atomic E-state index is -6.25. The van der Waals surface area contributed by atoms with Crippen molar-refractivity contribution in [2.24, 2.45) is 4.40 Å². The van der Waals surface area contributed by atoms with Crippen LogP contribution in [-0.4, -0.2) is 26.4 Å². The van der Waals surface area contributed by atoms with E-state index in [1.54, 1.807) is 0 Å². The van der Waals surface area contributed by atoms with E-state index in [4.69, 9.17) is 6.57 Å². The summed E-state index contributed by atoms with van der Waals surface area (Å²) >= 11 is 0. The molecule has 0 aliphatic heterocycles. The molecule has 0 aliphatic rings. The smallest absolute Gasteiger partial charge is 0.458 e. The van der Waals surface area contributed by atoms with Crippen molar-refractivity contribution in [3.63, 3.8) is 0 Å². The fraction of sp³-hybridized carbons (Fsp3) is 0.200. The minimum Gasteiger partial charge on any atom is -0.857 e. The first-order valence-electron chi connectivity index (χ1n) is 4.86. The molecule has 0 spiro atoms. The fourth-order valence-electron chi connectivity index (χ4n) is 1.03. The SMILES string of the molecule is [C-]#[N+]c1ccc(S(=O)(=O)/N=C(\[O-])C(F)(F)C(F)(F)F)cc1. The predicted octanol–water partition coefficient (Wildman–Crippen LogP) is 1.88. The molecule has 0 N–H and O–H groups in total. The molecular weight excluding hydrogens is 323 g/mol. The number of halogens is 5. The van der Waals surface area contributed by atoms with Crippen molar-refractivity contribution in [3.8, 4) is 0 Å². The largest absolute Gasteiger partial charge is 0.857 e. The quantitative estimate of drug-likeness (QED) is 0.368. The number of benzene rings is 1. The second-order valence-electron chi connectivity index (χ2n) is 3.55. The summed E-state index contributed by atoms with van der Waals surface area (Å²) in [6, 6.07) is 3.46. The van der Waals surface area contributed by atoms with E-state index < -0.39 is 32.9 Å². The molecule has 0 aliphatic carbocycles. The van der Waals surface area contributed by atoms with Crippen LogP contribution < -0.4 is 5.11 Å². The van der Waals surface area contributed by atoms with E-state index in [1.807, 2.05) is 4.40 Å². The second-order valence-corrected chi connectivity index (χ2v) is 5.15. The van der Waals surface area contributed by atoms with Crippen LogP contribution in [0.1, 0.15) is 0 Å². The molecule has 0 saturated carbocycles. The van der Waals surface area contributed by atoms with E-state index in [0.717, 1.165) is 24.3 Å². The molecule has 0 saturated heterocycles. The number of hydrogen-bond acceptors (Lipinski definition) is 3. The zero-order chi connectivity index (χ0) is 16.5. The first kappa shape index (κ1) is 16.8. The van der Waals surface area contributed by atoms with E-state index in [0.29, 0.717) is 0 Å². The Bertz CT molecular complexity index is 702. The van der Waals surface area contributed by atoms with Gasteiger partial charge in [0.2, 0.25) is 0 Å². The van der Waals surface area contributed by atoms with Gasteiger partial charge in [0.05, 0.1) is 17.4 Å². The maximum Gasteiger partial charge on any atom is 0.458 e. The van der Waals surface area contributed by atoms with Gasteiger partial charge in [-0.25, -0.2) is 4.85 Å². The highest BCUT2D eigenvalue weighted by Crippen LogP contribution is 2.35. The van der Waals surface area contributed by atoms with Crippen LogP contribution in [0.15, 0.2) is 33.6 Å². The van der Waals surface area contributed by atoms with Crippen LogP contribution in [0.2, 0.25) is 0 Å². The zero-order valence-corrected chi connectivity index (χ0v) is 10.5. The molecule has 0 unspecified atom stereocenters. The molecule has 21 heavy (non-hydrogen) atoms. The van der Waals surface area contributed by atoms with Gasteiger partial charge >= 0.3 is 12.1 Å². The third-order valence-corrected chi connectivity index (χ3v) is 3.37. The molecule has 0 radical (unpaired) electrons. The number of alkyl halides is 5. The van der Waals surface area contributed by atoms with Crippen molar-refractivity contribution in [2.45, 2.75) is 17.0 Å². The van der Waals surface area contributed by atoms with Gasteiger partial charge in [0, 0.05) is 0 Å². The van der Waals surface area contributed by atoms with Crippen LogP contribution in [0, 0.1) is 6.57 Å². The highest BCUT2D eigenvalue weighted by Gasteiger charge is 2.58. The Morgan fingerprint density at radius 3 is 2.00 bits per heavy atom. The maximum atomic E-state index is 12.6. The van der Waals surface area contributed by atoms with Gasteiger partial charge in [-0.05, 0) is 0 Å². The van der Waals surface area contributed by atoms with Gasteiger partial charge < -0.3 is 5.11 Å². The first-order chi connectivity index (χ1) is 9.41. The summed E-state index contributed by atoms with van der Waals surface area (Å²) in [5, 5.41) is 10.8. The van der Waals surface area contributed by atoms with Gasteiger partial charge in [0.15, 0.2) is 5.69 Å². The van der Waals surface area contributed by atoms with Crippen molar-refractivity contribution in [2.75, 3.05) is 0 Å². The first-order valence-corrected chi connectivity index (χ1v) is 6.30. The summed E-state index contributed by atoms with van der Waals surface area (Å²) < 4.78 is 85.8. The van der Waals surface area contributed by atoms with Crippen molar-refractivity contribution < 1.29 is 35.5 Å². The van der Waals surface area contributed by atoms with Gasteiger partial charge in [0.1, 0.15) is 0 Å². The molecular formula is C10H4F5N2O3S-. The Morgan fingerprint density at radius 2 is 1.62 bits per heavy atom. The molecule has 5 nitrogen and oxygen atoms in total. The second kappa shape index (κ2) is 5.28. The average molecular weight is 327 g/mol. The third-order valence-electron chi connectivity index (χ3n) is 2.09. The molecule has 0 fully saturated rings. The van der Waals surface area contributed by atoms with Crippen LogP contribution in [0.4, 0.5) is 27.6 Å². The summed E-state index contributed by atoms with van der Waals surface area (Å²) in [7, 11) is -5.04. The average Bonchev–Trinajstić information content (AvgIpc) is 2.37. The topological polar surface area (TPSA) is 73.9 Å². The number of sulfonamides is 1. The van der Waals surface area contributed by atoms with Crippen LogP contribution in [0.5, 0.6) is 0 Å². The van der Waals surface area contributed by atoms with Gasteiger partial charge in [-0.15, -0.1) is 0 Å². The molecule has 11 heteroatoms. The summed E-state index contributed by atoms with van der Waals surface area (Å²) in [4.78, 5) is 2.12. The Balaban J connectivity index is 3.26. The Kier molecular flexibility index (Phi) is 4.24. The molecule has 0 aromatic heterocycles. The molecule has 0 atom stereocenters. The maximum absolute atomic E-state index is 12.6. The number of rotatable bonds is 3. The van der Waals surface area contributed by atoms with Crippen molar-refractivity contribution in [1.29, 1.82) is 0 Å². The van der Waals surface area contributed by atoms with Crippen LogP contribution >= 0.6 is 0 Å². The normalized spacial score (nSPS) is 13.8. The van der Waals surface area contributed by atoms with E-state index in [9.17, 15) is 35.5 Å². The molecule has 0 amide bonds. The van der Waals surface area contributed by atoms with Gasteiger partial charge in [0.25, 0.3) is 10.0 Å². The van der Waals surface area contributed by atoms with E-state index in [1.165, 1.54) is 0 Å². The highest BCUT2D eigenvalue weighted by atomic mass is 32.2. The van der Waals surface area contributed by atoms with E-state index >= 15 is 0 Å². The standard InChI is InChI=1S/C10H5F5N2O3S/c1-16-6-2-4-7(5-3-6)21(19,20)17-8(18)9(11,12)10(13,14)15/h2-5H,(H,17,18)/p-1. The molecule has 1 aromatic rings. The lowest BCUT2D eigenvalue weighted by Gasteiger charge is -2.24. The lowest BCUT2D eigenvalue weighted by Crippen LogP contribution is -2.50. The molecule has 114 valence electrons. The summed E-state index contributed by atoms with van der Waals surface area (Å²) in [6.45, 7) is 6.61. The zero-order valence-electron chi connectivity index (χ0n) is 9.73. The van der Waals surface area contributed by atoms with Crippen molar-refractivity contribution >= 4 is 21.6 Å². The van der Waals surface area contributed by atoms with Crippen LogP contribution in [0.3, 0.4) is 0 Å². The number of nitrogens with zero attached hydrogens (tertiary/aromatic N) is 2. The Labute approximate surface area is 115 Å². The highest BCUT2D eigenvalue weighted by molar-refractivity contribution is 7.90. The molecule has 0 bridgehead atoms. The summed E-state index contributed by atoms with van der Waals surface area (Å²) in [6.07, 6.45) is -6.25. The fourth-order valence-corrected chi connectivity index (χ4v) is 1.95. The Hall–Kier alpha value is -2.22. The van der Waals surface area contributed by atoms with Crippen LogP contribution in [0.25, 0.3) is 4.85 Å². The number of hydrogen-bond donors (Lipinski definition) is 0. The van der Waals surface area contributed by atoms with Crippen molar-refractivity contribution in [1.82, 2.24) is 0 Å². The summed E-state index contributed by atoms with van der Waals surface area (Å²) in [5.74, 6) is -9.04. The lowest BCUT2D eigenvalue weighted by atomic mass is 10.3.